The van der Waals surface area contributed by atoms with E-state index in [1.54, 1.807) is 29.2 Å². The smallest absolute Gasteiger partial charge is 0.253 e. The van der Waals surface area contributed by atoms with Crippen molar-refractivity contribution in [2.24, 2.45) is 0 Å². The van der Waals surface area contributed by atoms with E-state index >= 15 is 0 Å². The molecular formula is C16H23NO3. The van der Waals surface area contributed by atoms with Crippen LogP contribution in [-0.4, -0.2) is 42.2 Å². The topological polar surface area (TPSA) is 49.8 Å². The average Bonchev–Trinajstić information content (AvgIpc) is 2.99. The number of nitrogens with zero attached hydrogens (tertiary/aromatic N) is 1. The van der Waals surface area contributed by atoms with E-state index in [9.17, 15) is 4.79 Å². The van der Waals surface area contributed by atoms with E-state index in [-0.39, 0.29) is 12.5 Å². The molecule has 110 valence electrons. The van der Waals surface area contributed by atoms with Crippen molar-refractivity contribution < 1.29 is 14.6 Å². The summed E-state index contributed by atoms with van der Waals surface area (Å²) in [6.07, 6.45) is 4.71. The van der Waals surface area contributed by atoms with Gasteiger partial charge < -0.3 is 14.7 Å². The molecule has 1 aliphatic heterocycles. The van der Waals surface area contributed by atoms with E-state index in [1.807, 2.05) is 7.05 Å². The average molecular weight is 277 g/mol. The fourth-order valence-corrected chi connectivity index (χ4v) is 2.50. The molecule has 0 radical (unpaired) electrons. The van der Waals surface area contributed by atoms with Gasteiger partial charge in [-0.05, 0) is 43.4 Å². The Morgan fingerprint density at radius 3 is 2.75 bits per heavy atom. The van der Waals surface area contributed by atoms with Gasteiger partial charge in [0.2, 0.25) is 0 Å². The zero-order valence-electron chi connectivity index (χ0n) is 12.0. The molecule has 1 heterocycles. The molecule has 1 fully saturated rings. The first-order chi connectivity index (χ1) is 9.70. The first-order valence-electron chi connectivity index (χ1n) is 7.27. The number of amides is 1. The maximum absolute atomic E-state index is 12.2. The van der Waals surface area contributed by atoms with Crippen LogP contribution < -0.4 is 0 Å². The van der Waals surface area contributed by atoms with Crippen molar-refractivity contribution in [1.82, 2.24) is 4.90 Å². The summed E-state index contributed by atoms with van der Waals surface area (Å²) in [5, 5.41) is 8.99. The second-order valence-corrected chi connectivity index (χ2v) is 5.36. The second kappa shape index (κ2) is 7.41. The number of benzene rings is 1. The maximum atomic E-state index is 12.2. The highest BCUT2D eigenvalue weighted by Gasteiger charge is 2.16. The molecule has 4 heteroatoms. The fraction of sp³-hybridized carbons (Fsp3) is 0.562. The summed E-state index contributed by atoms with van der Waals surface area (Å²) in [6.45, 7) is 1.64. The van der Waals surface area contributed by atoms with Gasteiger partial charge in [-0.3, -0.25) is 4.79 Å². The van der Waals surface area contributed by atoms with Crippen molar-refractivity contribution in [1.29, 1.82) is 0 Å². The second-order valence-electron chi connectivity index (χ2n) is 5.36. The lowest BCUT2D eigenvalue weighted by Gasteiger charge is -2.18. The predicted molar refractivity (Wildman–Crippen MR) is 77.5 cm³/mol. The summed E-state index contributed by atoms with van der Waals surface area (Å²) in [7, 11) is 1.83. The van der Waals surface area contributed by atoms with Crippen LogP contribution in [0, 0.1) is 0 Å². The van der Waals surface area contributed by atoms with Crippen LogP contribution in [0.3, 0.4) is 0 Å². The first-order valence-corrected chi connectivity index (χ1v) is 7.27. The van der Waals surface area contributed by atoms with Crippen molar-refractivity contribution in [3.8, 4) is 0 Å². The number of ether oxygens (including phenoxy) is 1. The molecule has 0 unspecified atom stereocenters. The molecule has 0 spiro atoms. The molecule has 0 bridgehead atoms. The minimum atomic E-state index is 0.00565. The van der Waals surface area contributed by atoms with Gasteiger partial charge in [0, 0.05) is 25.8 Å². The Labute approximate surface area is 120 Å². The molecule has 1 aromatic rings. The van der Waals surface area contributed by atoms with E-state index in [0.717, 1.165) is 44.4 Å². The Kier molecular flexibility index (Phi) is 5.56. The molecule has 0 aliphatic carbocycles. The number of rotatable bonds is 6. The molecule has 20 heavy (non-hydrogen) atoms. The van der Waals surface area contributed by atoms with Crippen molar-refractivity contribution in [3.63, 3.8) is 0 Å². The lowest BCUT2D eigenvalue weighted by molar-refractivity contribution is 0.0763. The van der Waals surface area contributed by atoms with Gasteiger partial charge in [-0.15, -0.1) is 0 Å². The van der Waals surface area contributed by atoms with E-state index in [2.05, 4.69) is 0 Å². The van der Waals surface area contributed by atoms with Gasteiger partial charge in [0.25, 0.3) is 5.91 Å². The van der Waals surface area contributed by atoms with Gasteiger partial charge >= 0.3 is 0 Å². The van der Waals surface area contributed by atoms with Gasteiger partial charge in [-0.25, -0.2) is 0 Å². The lowest BCUT2D eigenvalue weighted by Crippen LogP contribution is -2.28. The standard InChI is InChI=1S/C16H23NO3/c1-17(10-2-4-15-5-3-11-20-15)16(19)14-8-6-13(12-18)7-9-14/h6-9,15,18H,2-5,10-12H2,1H3/t15-/m1/s1. The maximum Gasteiger partial charge on any atom is 0.253 e. The number of hydrogen-bond acceptors (Lipinski definition) is 3. The van der Waals surface area contributed by atoms with Crippen molar-refractivity contribution >= 4 is 5.91 Å². The van der Waals surface area contributed by atoms with Crippen molar-refractivity contribution in [2.45, 2.75) is 38.4 Å². The van der Waals surface area contributed by atoms with Gasteiger partial charge in [-0.1, -0.05) is 12.1 Å². The number of carbonyl (C=O) groups excluding carboxylic acids is 1. The molecule has 1 amide bonds. The van der Waals surface area contributed by atoms with Crippen LogP contribution in [0.4, 0.5) is 0 Å². The summed E-state index contributed by atoms with van der Waals surface area (Å²) in [6, 6.07) is 7.11. The number of aliphatic hydroxyl groups excluding tert-OH is 1. The zero-order chi connectivity index (χ0) is 14.4. The monoisotopic (exact) mass is 277 g/mol. The SMILES string of the molecule is CN(CCC[C@@H]1CCCO1)C(=O)c1ccc(CO)cc1. The molecule has 0 saturated carbocycles. The molecule has 1 N–H and O–H groups in total. The Balaban J connectivity index is 1.78. The Hall–Kier alpha value is -1.39. The first kappa shape index (κ1) is 15.0. The van der Waals surface area contributed by atoms with Gasteiger partial charge in [0.15, 0.2) is 0 Å². The summed E-state index contributed by atoms with van der Waals surface area (Å²) >= 11 is 0. The van der Waals surface area contributed by atoms with Crippen molar-refractivity contribution in [3.05, 3.63) is 35.4 Å². The van der Waals surface area contributed by atoms with Crippen LogP contribution in [0.1, 0.15) is 41.6 Å². The highest BCUT2D eigenvalue weighted by atomic mass is 16.5. The number of carbonyl (C=O) groups is 1. The Morgan fingerprint density at radius 2 is 2.15 bits per heavy atom. The summed E-state index contributed by atoms with van der Waals surface area (Å²) in [4.78, 5) is 14.0. The normalized spacial score (nSPS) is 18.2. The van der Waals surface area contributed by atoms with Gasteiger partial charge in [0.1, 0.15) is 0 Å². The molecule has 0 aromatic heterocycles. The highest BCUT2D eigenvalue weighted by molar-refractivity contribution is 5.94. The van der Waals surface area contributed by atoms with E-state index < -0.39 is 0 Å². The lowest BCUT2D eigenvalue weighted by atomic mass is 10.1. The molecule has 1 aliphatic rings. The van der Waals surface area contributed by atoms with E-state index in [0.29, 0.717) is 11.7 Å². The zero-order valence-corrected chi connectivity index (χ0v) is 12.0. The summed E-state index contributed by atoms with van der Waals surface area (Å²) in [5.41, 5.74) is 1.49. The predicted octanol–water partition coefficient (Wildman–Crippen LogP) is 2.21. The number of hydrogen-bond donors (Lipinski definition) is 1. The minimum absolute atomic E-state index is 0.00565. The summed E-state index contributed by atoms with van der Waals surface area (Å²) in [5.74, 6) is 0.0295. The molecule has 4 nitrogen and oxygen atoms in total. The molecule has 2 rings (SSSR count). The molecule has 1 saturated heterocycles. The minimum Gasteiger partial charge on any atom is -0.392 e. The van der Waals surface area contributed by atoms with Crippen LogP contribution in [0.5, 0.6) is 0 Å². The Bertz CT molecular complexity index is 424. The van der Waals surface area contributed by atoms with Gasteiger partial charge in [-0.2, -0.15) is 0 Å². The summed E-state index contributed by atoms with van der Waals surface area (Å²) < 4.78 is 5.58. The van der Waals surface area contributed by atoms with Crippen LogP contribution in [-0.2, 0) is 11.3 Å². The van der Waals surface area contributed by atoms with Crippen LogP contribution in [0.15, 0.2) is 24.3 Å². The van der Waals surface area contributed by atoms with E-state index in [4.69, 9.17) is 9.84 Å². The molecular weight excluding hydrogens is 254 g/mol. The third kappa shape index (κ3) is 4.05. The van der Waals surface area contributed by atoms with Gasteiger partial charge in [0.05, 0.1) is 12.7 Å². The highest BCUT2D eigenvalue weighted by Crippen LogP contribution is 2.17. The van der Waals surface area contributed by atoms with E-state index in [1.165, 1.54) is 0 Å². The third-order valence-corrected chi connectivity index (χ3v) is 3.77. The Morgan fingerprint density at radius 1 is 1.40 bits per heavy atom. The van der Waals surface area contributed by atoms with Crippen molar-refractivity contribution in [2.75, 3.05) is 20.2 Å². The molecule has 1 atom stereocenters. The quantitative estimate of drug-likeness (QED) is 0.867. The fourth-order valence-electron chi connectivity index (χ4n) is 2.50. The van der Waals surface area contributed by atoms with Crippen LogP contribution >= 0.6 is 0 Å². The molecule has 1 aromatic carbocycles. The van der Waals surface area contributed by atoms with Crippen LogP contribution in [0.25, 0.3) is 0 Å². The number of aliphatic hydroxyl groups is 1. The van der Waals surface area contributed by atoms with Crippen LogP contribution in [0.2, 0.25) is 0 Å². The largest absolute Gasteiger partial charge is 0.392 e. The third-order valence-electron chi connectivity index (χ3n) is 3.77.